The van der Waals surface area contributed by atoms with E-state index < -0.39 is 0 Å². The molecule has 0 amide bonds. The van der Waals surface area contributed by atoms with E-state index in [0.29, 0.717) is 5.78 Å². The second kappa shape index (κ2) is 4.92. The van der Waals surface area contributed by atoms with Gasteiger partial charge in [0.2, 0.25) is 0 Å². The fourth-order valence-electron chi connectivity index (χ4n) is 3.87. The second-order valence-corrected chi connectivity index (χ2v) is 8.77. The molecule has 1 fully saturated rings. The lowest BCUT2D eigenvalue weighted by Crippen LogP contribution is -2.75. The fraction of sp³-hybridized carbons (Fsp3) is 0.650. The molecule has 1 saturated heterocycles. The van der Waals surface area contributed by atoms with Crippen molar-refractivity contribution in [2.24, 2.45) is 10.8 Å². The van der Waals surface area contributed by atoms with E-state index in [2.05, 4.69) is 84.6 Å². The van der Waals surface area contributed by atoms with Crippen LogP contribution in [0.2, 0.25) is 0 Å². The lowest BCUT2D eigenvalue weighted by atomic mass is 9.53. The largest absolute Gasteiger partial charge is 0.298 e. The molecule has 0 spiro atoms. The van der Waals surface area contributed by atoms with Crippen LogP contribution in [0.25, 0.3) is 0 Å². The summed E-state index contributed by atoms with van der Waals surface area (Å²) in [6, 6.07) is 10.6. The first-order chi connectivity index (χ1) is 9.87. The van der Waals surface area contributed by atoms with Gasteiger partial charge in [0.05, 0.1) is 0 Å². The van der Waals surface area contributed by atoms with Gasteiger partial charge in [0.25, 0.3) is 0 Å². The van der Waals surface area contributed by atoms with Gasteiger partial charge in [-0.05, 0) is 33.3 Å². The normalized spacial score (nSPS) is 25.9. The lowest BCUT2D eigenvalue weighted by Gasteiger charge is -2.65. The van der Waals surface area contributed by atoms with Crippen LogP contribution < -0.4 is 0 Å². The molecule has 2 heteroatoms. The highest BCUT2D eigenvalue weighted by Crippen LogP contribution is 2.55. The molecule has 0 aliphatic carbocycles. The first kappa shape index (κ1) is 17.2. The highest BCUT2D eigenvalue weighted by atomic mass is 16.1. The molecule has 0 saturated carbocycles. The highest BCUT2D eigenvalue weighted by molar-refractivity contribution is 5.92. The van der Waals surface area contributed by atoms with Crippen molar-refractivity contribution in [2.75, 3.05) is 0 Å². The average molecular weight is 301 g/mol. The Morgan fingerprint density at radius 1 is 0.773 bits per heavy atom. The number of piperidine rings is 1. The summed E-state index contributed by atoms with van der Waals surface area (Å²) in [6.45, 7) is 18.1. The minimum Gasteiger partial charge on any atom is -0.298 e. The summed E-state index contributed by atoms with van der Waals surface area (Å²) >= 11 is 0. The van der Waals surface area contributed by atoms with Crippen molar-refractivity contribution in [1.29, 1.82) is 0 Å². The van der Waals surface area contributed by atoms with Crippen molar-refractivity contribution in [3.63, 3.8) is 0 Å². The summed E-state index contributed by atoms with van der Waals surface area (Å²) in [5, 5.41) is 0. The minimum atomic E-state index is -0.388. The maximum absolute atomic E-state index is 13.2. The third kappa shape index (κ3) is 2.15. The maximum Gasteiger partial charge on any atom is 0.147 e. The number of likely N-dealkylation sites (tertiary alicyclic amines) is 1. The third-order valence-corrected chi connectivity index (χ3v) is 6.73. The molecule has 0 aromatic heterocycles. The number of Topliss-reactive ketones (excluding diaryl/α,β-unsaturated/α-hetero) is 1. The van der Waals surface area contributed by atoms with E-state index in [1.807, 2.05) is 6.07 Å². The summed E-state index contributed by atoms with van der Waals surface area (Å²) in [6.07, 6.45) is 0. The first-order valence-corrected chi connectivity index (χ1v) is 8.23. The number of hydrogen-bond acceptors (Lipinski definition) is 2. The summed E-state index contributed by atoms with van der Waals surface area (Å²) in [5.41, 5.74) is 0.101. The molecule has 22 heavy (non-hydrogen) atoms. The van der Waals surface area contributed by atoms with Crippen LogP contribution in [0.5, 0.6) is 0 Å². The summed E-state index contributed by atoms with van der Waals surface area (Å²) in [4.78, 5) is 15.7. The van der Waals surface area contributed by atoms with Crippen LogP contribution >= 0.6 is 0 Å². The number of hydrogen-bond donors (Lipinski definition) is 0. The monoisotopic (exact) mass is 301 g/mol. The van der Waals surface area contributed by atoms with E-state index in [1.54, 1.807) is 0 Å². The Morgan fingerprint density at radius 3 is 1.59 bits per heavy atom. The van der Waals surface area contributed by atoms with Gasteiger partial charge in [-0.25, -0.2) is 0 Å². The Hall–Kier alpha value is -1.15. The zero-order chi connectivity index (χ0) is 17.0. The molecule has 1 aromatic rings. The lowest BCUT2D eigenvalue weighted by molar-refractivity contribution is -0.185. The summed E-state index contributed by atoms with van der Waals surface area (Å²) in [5.74, 6) is 0.360. The van der Waals surface area contributed by atoms with Crippen molar-refractivity contribution >= 4 is 5.78 Å². The fourth-order valence-corrected chi connectivity index (χ4v) is 3.87. The van der Waals surface area contributed by atoms with Gasteiger partial charge in [-0.15, -0.1) is 0 Å². The molecule has 1 aliphatic rings. The van der Waals surface area contributed by atoms with Crippen LogP contribution in [-0.4, -0.2) is 21.8 Å². The summed E-state index contributed by atoms with van der Waals surface area (Å²) in [7, 11) is 0. The number of rotatable bonds is 2. The molecule has 1 heterocycles. The Bertz CT molecular complexity index is 537. The predicted molar refractivity (Wildman–Crippen MR) is 92.7 cm³/mol. The first-order valence-electron chi connectivity index (χ1n) is 8.23. The molecule has 0 radical (unpaired) electrons. The molecule has 122 valence electrons. The molecular formula is C20H31NO. The summed E-state index contributed by atoms with van der Waals surface area (Å²) < 4.78 is 0. The zero-order valence-corrected chi connectivity index (χ0v) is 15.4. The van der Waals surface area contributed by atoms with Gasteiger partial charge in [0.1, 0.15) is 5.78 Å². The molecule has 2 rings (SSSR count). The molecule has 1 aromatic carbocycles. The van der Waals surface area contributed by atoms with Crippen LogP contribution in [0.4, 0.5) is 0 Å². The minimum absolute atomic E-state index is 0.209. The Labute approximate surface area is 135 Å². The van der Waals surface area contributed by atoms with E-state index in [9.17, 15) is 4.79 Å². The number of carbonyl (C=O) groups excluding carboxylic acids is 1. The van der Waals surface area contributed by atoms with Crippen molar-refractivity contribution in [3.05, 3.63) is 35.9 Å². The number of carbonyl (C=O) groups is 1. The molecule has 0 bridgehead atoms. The van der Waals surface area contributed by atoms with E-state index in [1.165, 1.54) is 5.56 Å². The van der Waals surface area contributed by atoms with Crippen molar-refractivity contribution in [3.8, 4) is 0 Å². The molecular weight excluding hydrogens is 270 g/mol. The molecule has 0 unspecified atom stereocenters. The molecule has 0 N–H and O–H groups in total. The van der Waals surface area contributed by atoms with Crippen LogP contribution in [0.3, 0.4) is 0 Å². The smallest absolute Gasteiger partial charge is 0.147 e. The molecule has 1 aliphatic heterocycles. The zero-order valence-electron chi connectivity index (χ0n) is 15.4. The topological polar surface area (TPSA) is 20.3 Å². The number of ketones is 1. The van der Waals surface area contributed by atoms with Gasteiger partial charge in [0.15, 0.2) is 0 Å². The predicted octanol–water partition coefficient (Wildman–Crippen LogP) is 4.68. The van der Waals surface area contributed by atoms with E-state index in [0.717, 1.165) is 6.54 Å². The van der Waals surface area contributed by atoms with Crippen molar-refractivity contribution < 1.29 is 4.79 Å². The average Bonchev–Trinajstić information content (AvgIpc) is 2.43. The van der Waals surface area contributed by atoms with Gasteiger partial charge in [-0.2, -0.15) is 0 Å². The Kier molecular flexibility index (Phi) is 3.85. The van der Waals surface area contributed by atoms with Gasteiger partial charge >= 0.3 is 0 Å². The SMILES string of the molecule is CC1(C)C(=O)C(C)(C)C(C)(C)N(Cc2ccccc2)C1(C)C. The van der Waals surface area contributed by atoms with Gasteiger partial charge in [-0.3, -0.25) is 9.69 Å². The van der Waals surface area contributed by atoms with Gasteiger partial charge < -0.3 is 0 Å². The van der Waals surface area contributed by atoms with E-state index >= 15 is 0 Å². The molecule has 0 atom stereocenters. The second-order valence-electron chi connectivity index (χ2n) is 8.77. The highest BCUT2D eigenvalue weighted by Gasteiger charge is 2.64. The van der Waals surface area contributed by atoms with Crippen molar-refractivity contribution in [2.45, 2.75) is 73.0 Å². The standard InChI is InChI=1S/C20H31NO/c1-17(2)16(22)18(3,4)20(7,8)21(19(17,5)6)14-15-12-10-9-11-13-15/h9-13H,14H2,1-8H3. The van der Waals surface area contributed by atoms with Crippen LogP contribution in [-0.2, 0) is 11.3 Å². The van der Waals surface area contributed by atoms with E-state index in [-0.39, 0.29) is 21.9 Å². The van der Waals surface area contributed by atoms with Crippen LogP contribution in [0, 0.1) is 10.8 Å². The quantitative estimate of drug-likeness (QED) is 0.790. The molecule has 2 nitrogen and oxygen atoms in total. The Balaban J connectivity index is 2.55. The van der Waals surface area contributed by atoms with Gasteiger partial charge in [-0.1, -0.05) is 58.0 Å². The Morgan fingerprint density at radius 2 is 1.18 bits per heavy atom. The third-order valence-electron chi connectivity index (χ3n) is 6.73. The van der Waals surface area contributed by atoms with Crippen LogP contribution in [0.1, 0.15) is 61.0 Å². The van der Waals surface area contributed by atoms with Crippen LogP contribution in [0.15, 0.2) is 30.3 Å². The maximum atomic E-state index is 13.2. The van der Waals surface area contributed by atoms with Gasteiger partial charge in [0, 0.05) is 28.5 Å². The number of benzene rings is 1. The number of nitrogens with zero attached hydrogens (tertiary/aromatic N) is 1. The van der Waals surface area contributed by atoms with Crippen molar-refractivity contribution in [1.82, 2.24) is 4.90 Å². The van der Waals surface area contributed by atoms with E-state index in [4.69, 9.17) is 0 Å².